The van der Waals surface area contributed by atoms with Crippen molar-refractivity contribution in [1.29, 1.82) is 0 Å². The van der Waals surface area contributed by atoms with Gasteiger partial charge in [-0.1, -0.05) is 24.3 Å². The average Bonchev–Trinajstić information content (AvgIpc) is 2.46. The zero-order valence-electron chi connectivity index (χ0n) is 11.1. The zero-order chi connectivity index (χ0) is 14.5. The Bertz CT molecular complexity index is 613. The molecule has 104 valence electrons. The molecule has 0 bridgehead atoms. The molecule has 2 rings (SSSR count). The van der Waals surface area contributed by atoms with E-state index < -0.39 is 5.92 Å². The second-order valence-corrected chi connectivity index (χ2v) is 4.62. The summed E-state index contributed by atoms with van der Waals surface area (Å²) in [5, 5.41) is 11.8. The summed E-state index contributed by atoms with van der Waals surface area (Å²) in [6.45, 7) is 1.64. The van der Waals surface area contributed by atoms with Gasteiger partial charge < -0.3 is 10.4 Å². The van der Waals surface area contributed by atoms with Gasteiger partial charge in [0.15, 0.2) is 0 Å². The second kappa shape index (κ2) is 6.30. The van der Waals surface area contributed by atoms with Crippen LogP contribution < -0.4 is 5.32 Å². The maximum atomic E-state index is 13.2. The number of halogens is 1. The molecule has 3 nitrogen and oxygen atoms in total. The van der Waals surface area contributed by atoms with Crippen LogP contribution in [0.1, 0.15) is 24.0 Å². The van der Waals surface area contributed by atoms with E-state index in [2.05, 4.69) is 5.32 Å². The number of carbonyl (C=O) groups excluding carboxylic acids is 1. The number of hydrogen-bond donors (Lipinski definition) is 2. The summed E-state index contributed by atoms with van der Waals surface area (Å²) in [5.41, 5.74) is 1.96. The topological polar surface area (TPSA) is 49.3 Å². The first kappa shape index (κ1) is 14.2. The first-order chi connectivity index (χ1) is 9.60. The molecule has 4 heteroatoms. The molecule has 0 radical (unpaired) electrons. The monoisotopic (exact) mass is 273 g/mol. The van der Waals surface area contributed by atoms with Crippen LogP contribution in [0.4, 0.5) is 10.1 Å². The first-order valence-corrected chi connectivity index (χ1v) is 6.36. The van der Waals surface area contributed by atoms with E-state index in [0.717, 1.165) is 5.56 Å². The lowest BCUT2D eigenvalue weighted by atomic mass is 10.00. The molecule has 0 heterocycles. The van der Waals surface area contributed by atoms with Crippen LogP contribution in [0.2, 0.25) is 0 Å². The summed E-state index contributed by atoms with van der Waals surface area (Å²) in [5.74, 6) is -1.03. The minimum Gasteiger partial charge on any atom is -0.392 e. The molecule has 0 fully saturated rings. The van der Waals surface area contributed by atoms with Crippen LogP contribution in [-0.4, -0.2) is 11.0 Å². The summed E-state index contributed by atoms with van der Waals surface area (Å²) in [6.07, 6.45) is 0. The van der Waals surface area contributed by atoms with Crippen LogP contribution in [0, 0.1) is 5.82 Å². The van der Waals surface area contributed by atoms with Crippen LogP contribution in [0.5, 0.6) is 0 Å². The number of rotatable bonds is 4. The van der Waals surface area contributed by atoms with E-state index in [1.165, 1.54) is 12.1 Å². The fourth-order valence-electron chi connectivity index (χ4n) is 1.93. The van der Waals surface area contributed by atoms with Gasteiger partial charge in [0.1, 0.15) is 5.82 Å². The number of amides is 1. The lowest BCUT2D eigenvalue weighted by Gasteiger charge is -2.13. The molecule has 20 heavy (non-hydrogen) atoms. The third-order valence-electron chi connectivity index (χ3n) is 3.12. The van der Waals surface area contributed by atoms with Gasteiger partial charge in [-0.25, -0.2) is 4.39 Å². The quantitative estimate of drug-likeness (QED) is 0.899. The average molecular weight is 273 g/mol. The Hall–Kier alpha value is -2.20. The van der Waals surface area contributed by atoms with Crippen LogP contribution in [0.25, 0.3) is 0 Å². The molecule has 0 aliphatic heterocycles. The second-order valence-electron chi connectivity index (χ2n) is 4.62. The van der Waals surface area contributed by atoms with E-state index in [4.69, 9.17) is 5.11 Å². The normalized spacial score (nSPS) is 11.9. The number of nitrogens with one attached hydrogen (secondary N) is 1. The molecule has 0 saturated heterocycles. The van der Waals surface area contributed by atoms with Crippen molar-refractivity contribution in [3.8, 4) is 0 Å². The van der Waals surface area contributed by atoms with E-state index in [-0.39, 0.29) is 18.3 Å². The fraction of sp³-hybridized carbons (Fsp3) is 0.188. The highest BCUT2D eigenvalue weighted by atomic mass is 19.1. The van der Waals surface area contributed by atoms with Gasteiger partial charge in [0, 0.05) is 5.69 Å². The van der Waals surface area contributed by atoms with Crippen molar-refractivity contribution in [3.05, 3.63) is 65.5 Å². The molecule has 0 aliphatic rings. The number of aliphatic hydroxyl groups excluding tert-OH is 1. The predicted octanol–water partition coefficient (Wildman–Crippen LogP) is 3.06. The molecule has 0 aromatic heterocycles. The zero-order valence-corrected chi connectivity index (χ0v) is 11.1. The Morgan fingerprint density at radius 3 is 2.70 bits per heavy atom. The molecular formula is C16H16FNO2. The Kier molecular flexibility index (Phi) is 4.48. The molecule has 2 N–H and O–H groups in total. The molecule has 2 aromatic rings. The van der Waals surface area contributed by atoms with E-state index >= 15 is 0 Å². The highest BCUT2D eigenvalue weighted by molar-refractivity contribution is 5.95. The van der Waals surface area contributed by atoms with Gasteiger partial charge in [0.2, 0.25) is 5.91 Å². The minimum atomic E-state index is -0.455. The van der Waals surface area contributed by atoms with Gasteiger partial charge in [0.25, 0.3) is 0 Å². The summed E-state index contributed by atoms with van der Waals surface area (Å²) in [7, 11) is 0. The first-order valence-electron chi connectivity index (χ1n) is 6.36. The Balaban J connectivity index is 2.11. The van der Waals surface area contributed by atoms with Gasteiger partial charge in [0.05, 0.1) is 12.5 Å². The van der Waals surface area contributed by atoms with Gasteiger partial charge >= 0.3 is 0 Å². The fourth-order valence-corrected chi connectivity index (χ4v) is 1.93. The lowest BCUT2D eigenvalue weighted by Crippen LogP contribution is -2.19. The minimum absolute atomic E-state index is 0.0802. The number of hydrogen-bond acceptors (Lipinski definition) is 2. The van der Waals surface area contributed by atoms with E-state index in [1.54, 1.807) is 43.3 Å². The highest BCUT2D eigenvalue weighted by Crippen LogP contribution is 2.19. The molecule has 0 saturated carbocycles. The predicted molar refractivity (Wildman–Crippen MR) is 75.8 cm³/mol. The van der Waals surface area contributed by atoms with Crippen molar-refractivity contribution in [2.45, 2.75) is 19.4 Å². The van der Waals surface area contributed by atoms with Crippen molar-refractivity contribution in [2.24, 2.45) is 0 Å². The van der Waals surface area contributed by atoms with E-state index in [1.807, 2.05) is 0 Å². The standard InChI is InChI=1S/C16H16FNO2/c1-11(13-5-3-6-14(17)9-13)16(20)18-15-7-2-4-12(8-15)10-19/h2-9,11,19H,10H2,1H3,(H,18,20). The maximum absolute atomic E-state index is 13.2. The summed E-state index contributed by atoms with van der Waals surface area (Å²) < 4.78 is 13.2. The van der Waals surface area contributed by atoms with Gasteiger partial charge in [-0.3, -0.25) is 4.79 Å². The lowest BCUT2D eigenvalue weighted by molar-refractivity contribution is -0.117. The Morgan fingerprint density at radius 1 is 1.25 bits per heavy atom. The van der Waals surface area contributed by atoms with E-state index in [0.29, 0.717) is 11.3 Å². The molecule has 0 spiro atoms. The van der Waals surface area contributed by atoms with Crippen LogP contribution in [0.15, 0.2) is 48.5 Å². The highest BCUT2D eigenvalue weighted by Gasteiger charge is 2.15. The van der Waals surface area contributed by atoms with Gasteiger partial charge in [-0.2, -0.15) is 0 Å². The molecular weight excluding hydrogens is 257 g/mol. The van der Waals surface area contributed by atoms with E-state index in [9.17, 15) is 9.18 Å². The SMILES string of the molecule is CC(C(=O)Nc1cccc(CO)c1)c1cccc(F)c1. The Morgan fingerprint density at radius 2 is 2.00 bits per heavy atom. The number of anilines is 1. The van der Waals surface area contributed by atoms with Crippen molar-refractivity contribution in [2.75, 3.05) is 5.32 Å². The van der Waals surface area contributed by atoms with Gasteiger partial charge in [-0.15, -0.1) is 0 Å². The summed E-state index contributed by atoms with van der Waals surface area (Å²) in [4.78, 5) is 12.1. The Labute approximate surface area is 117 Å². The third-order valence-corrected chi connectivity index (χ3v) is 3.12. The van der Waals surface area contributed by atoms with Crippen molar-refractivity contribution in [1.82, 2.24) is 0 Å². The summed E-state index contributed by atoms with van der Waals surface area (Å²) >= 11 is 0. The number of aliphatic hydroxyl groups is 1. The van der Waals surface area contributed by atoms with Crippen molar-refractivity contribution in [3.63, 3.8) is 0 Å². The third kappa shape index (κ3) is 3.42. The molecule has 1 atom stereocenters. The largest absolute Gasteiger partial charge is 0.392 e. The van der Waals surface area contributed by atoms with Crippen molar-refractivity contribution >= 4 is 11.6 Å². The van der Waals surface area contributed by atoms with Crippen molar-refractivity contribution < 1.29 is 14.3 Å². The maximum Gasteiger partial charge on any atom is 0.231 e. The van der Waals surface area contributed by atoms with Gasteiger partial charge in [-0.05, 0) is 42.3 Å². The molecule has 2 aromatic carbocycles. The molecule has 0 aliphatic carbocycles. The van der Waals surface area contributed by atoms with Crippen LogP contribution in [-0.2, 0) is 11.4 Å². The molecule has 1 amide bonds. The summed E-state index contributed by atoms with van der Waals surface area (Å²) in [6, 6.07) is 13.0. The smallest absolute Gasteiger partial charge is 0.231 e. The number of carbonyl (C=O) groups is 1. The van der Waals surface area contributed by atoms with Crippen LogP contribution >= 0.6 is 0 Å². The van der Waals surface area contributed by atoms with Crippen LogP contribution in [0.3, 0.4) is 0 Å². The number of benzene rings is 2. The molecule has 1 unspecified atom stereocenters.